The fourth-order valence-corrected chi connectivity index (χ4v) is 2.41. The predicted molar refractivity (Wildman–Crippen MR) is 87.4 cm³/mol. The highest BCUT2D eigenvalue weighted by molar-refractivity contribution is 5.93. The lowest BCUT2D eigenvalue weighted by Crippen LogP contribution is -2.33. The first-order chi connectivity index (χ1) is 11.8. The summed E-state index contributed by atoms with van der Waals surface area (Å²) in [5.41, 5.74) is -0.483. The number of rotatable bonds is 6. The summed E-state index contributed by atoms with van der Waals surface area (Å²) in [6.45, 7) is 2.53. The molecule has 0 spiro atoms. The first kappa shape index (κ1) is 18.9. The molecule has 25 heavy (non-hydrogen) atoms. The summed E-state index contributed by atoms with van der Waals surface area (Å²) in [5, 5.41) is 2.30. The third-order valence-corrected chi connectivity index (χ3v) is 3.62. The normalized spacial score (nSPS) is 11.6. The molecule has 1 N–H and O–H groups in total. The van der Waals surface area contributed by atoms with Crippen LogP contribution < -0.4 is 5.32 Å². The van der Waals surface area contributed by atoms with Gasteiger partial charge in [0.05, 0.1) is 17.8 Å². The average Bonchev–Trinajstić information content (AvgIpc) is 2.53. The van der Waals surface area contributed by atoms with Crippen molar-refractivity contribution in [3.63, 3.8) is 0 Å². The first-order valence-electron chi connectivity index (χ1n) is 7.72. The number of hydrogen-bond donors (Lipinski definition) is 1. The van der Waals surface area contributed by atoms with Crippen molar-refractivity contribution in [2.75, 3.05) is 18.4 Å². The SMILES string of the molecule is CCN(CC(=O)Nc1ccccc1C(F)(F)F)Cc1cccc(F)c1. The van der Waals surface area contributed by atoms with E-state index in [4.69, 9.17) is 0 Å². The van der Waals surface area contributed by atoms with Gasteiger partial charge in [0.15, 0.2) is 0 Å². The van der Waals surface area contributed by atoms with Crippen molar-refractivity contribution in [2.24, 2.45) is 0 Å². The van der Waals surface area contributed by atoms with E-state index in [0.29, 0.717) is 18.7 Å². The van der Waals surface area contributed by atoms with Gasteiger partial charge in [0.25, 0.3) is 0 Å². The summed E-state index contributed by atoms with van der Waals surface area (Å²) < 4.78 is 52.1. The van der Waals surface area contributed by atoms with Crippen LogP contribution in [0.4, 0.5) is 23.2 Å². The van der Waals surface area contributed by atoms with E-state index in [-0.39, 0.29) is 18.0 Å². The first-order valence-corrected chi connectivity index (χ1v) is 7.72. The summed E-state index contributed by atoms with van der Waals surface area (Å²) in [6.07, 6.45) is -4.55. The molecule has 7 heteroatoms. The molecular weight excluding hydrogens is 336 g/mol. The quantitative estimate of drug-likeness (QED) is 0.784. The number of halogens is 4. The Kier molecular flexibility index (Phi) is 6.14. The molecule has 0 saturated heterocycles. The van der Waals surface area contributed by atoms with Gasteiger partial charge in [0, 0.05) is 6.54 Å². The number of hydrogen-bond acceptors (Lipinski definition) is 2. The van der Waals surface area contributed by atoms with Crippen LogP contribution in [-0.2, 0) is 17.5 Å². The molecular formula is C18H18F4N2O. The summed E-state index contributed by atoms with van der Waals surface area (Å²) in [4.78, 5) is 13.8. The van der Waals surface area contributed by atoms with Crippen molar-refractivity contribution in [3.8, 4) is 0 Å². The summed E-state index contributed by atoms with van der Waals surface area (Å²) in [6, 6.07) is 10.8. The van der Waals surface area contributed by atoms with Gasteiger partial charge in [-0.15, -0.1) is 0 Å². The van der Waals surface area contributed by atoms with Crippen molar-refractivity contribution in [2.45, 2.75) is 19.6 Å². The van der Waals surface area contributed by atoms with E-state index >= 15 is 0 Å². The maximum Gasteiger partial charge on any atom is 0.418 e. The van der Waals surface area contributed by atoms with Crippen molar-refractivity contribution in [1.82, 2.24) is 4.90 Å². The van der Waals surface area contributed by atoms with Crippen molar-refractivity contribution in [1.29, 1.82) is 0 Å². The molecule has 134 valence electrons. The number of anilines is 1. The second-order valence-corrected chi connectivity index (χ2v) is 5.52. The molecule has 0 fully saturated rings. The minimum Gasteiger partial charge on any atom is -0.324 e. The van der Waals surface area contributed by atoms with Crippen LogP contribution in [0.25, 0.3) is 0 Å². The minimum absolute atomic E-state index is 0.0980. The number of benzene rings is 2. The zero-order valence-electron chi connectivity index (χ0n) is 13.6. The molecule has 3 nitrogen and oxygen atoms in total. The number of carbonyl (C=O) groups is 1. The Morgan fingerprint density at radius 1 is 1.12 bits per heavy atom. The number of para-hydroxylation sites is 1. The topological polar surface area (TPSA) is 32.3 Å². The fraction of sp³-hybridized carbons (Fsp3) is 0.278. The lowest BCUT2D eigenvalue weighted by molar-refractivity contribution is -0.137. The van der Waals surface area contributed by atoms with Crippen LogP contribution in [0.2, 0.25) is 0 Å². The van der Waals surface area contributed by atoms with Crippen LogP contribution in [0.1, 0.15) is 18.1 Å². The van der Waals surface area contributed by atoms with Crippen LogP contribution in [0.5, 0.6) is 0 Å². The standard InChI is InChI=1S/C18H18F4N2O/c1-2-24(11-13-6-5-7-14(19)10-13)12-17(25)23-16-9-4-3-8-15(16)18(20,21)22/h3-10H,2,11-12H2,1H3,(H,23,25). The van der Waals surface area contributed by atoms with E-state index in [9.17, 15) is 22.4 Å². The molecule has 0 aliphatic heterocycles. The average molecular weight is 354 g/mol. The second-order valence-electron chi connectivity index (χ2n) is 5.52. The van der Waals surface area contributed by atoms with Gasteiger partial charge >= 0.3 is 6.18 Å². The second kappa shape index (κ2) is 8.11. The van der Waals surface area contributed by atoms with Gasteiger partial charge in [-0.25, -0.2) is 4.39 Å². The summed E-state index contributed by atoms with van der Waals surface area (Å²) >= 11 is 0. The van der Waals surface area contributed by atoms with Gasteiger partial charge in [0.2, 0.25) is 5.91 Å². The molecule has 0 saturated carbocycles. The maximum atomic E-state index is 13.2. The van der Waals surface area contributed by atoms with Gasteiger partial charge in [-0.1, -0.05) is 31.2 Å². The van der Waals surface area contributed by atoms with Crippen molar-refractivity contribution < 1.29 is 22.4 Å². The highest BCUT2D eigenvalue weighted by Gasteiger charge is 2.33. The van der Waals surface area contributed by atoms with E-state index in [1.54, 1.807) is 17.0 Å². The highest BCUT2D eigenvalue weighted by Crippen LogP contribution is 2.34. The van der Waals surface area contributed by atoms with E-state index in [1.165, 1.54) is 30.3 Å². The van der Waals surface area contributed by atoms with Gasteiger partial charge in [0.1, 0.15) is 5.82 Å². The van der Waals surface area contributed by atoms with Crippen LogP contribution in [0, 0.1) is 5.82 Å². The molecule has 2 rings (SSSR count). The van der Waals surface area contributed by atoms with Gasteiger partial charge in [-0.2, -0.15) is 13.2 Å². The third kappa shape index (κ3) is 5.56. The molecule has 0 bridgehead atoms. The summed E-state index contributed by atoms with van der Waals surface area (Å²) in [5.74, 6) is -0.938. The number of likely N-dealkylation sites (N-methyl/N-ethyl adjacent to an activating group) is 1. The molecule has 0 aliphatic rings. The molecule has 1 amide bonds. The Labute approximate surface area is 143 Å². The Morgan fingerprint density at radius 3 is 2.48 bits per heavy atom. The molecule has 0 unspecified atom stereocenters. The Hall–Kier alpha value is -2.41. The van der Waals surface area contributed by atoms with Gasteiger partial charge < -0.3 is 5.32 Å². The zero-order valence-corrected chi connectivity index (χ0v) is 13.6. The van der Waals surface area contributed by atoms with Gasteiger partial charge in [-0.05, 0) is 36.4 Å². The van der Waals surface area contributed by atoms with E-state index < -0.39 is 17.6 Å². The molecule has 0 heterocycles. The lowest BCUT2D eigenvalue weighted by atomic mass is 10.1. The zero-order chi connectivity index (χ0) is 18.4. The number of nitrogens with zero attached hydrogens (tertiary/aromatic N) is 1. The van der Waals surface area contributed by atoms with Crippen LogP contribution >= 0.6 is 0 Å². The number of carbonyl (C=O) groups excluding carboxylic acids is 1. The third-order valence-electron chi connectivity index (χ3n) is 3.62. The predicted octanol–water partition coefficient (Wildman–Crippen LogP) is 4.31. The van der Waals surface area contributed by atoms with Gasteiger partial charge in [-0.3, -0.25) is 9.69 Å². The van der Waals surface area contributed by atoms with E-state index in [2.05, 4.69) is 5.32 Å². The molecule has 0 aliphatic carbocycles. The smallest absolute Gasteiger partial charge is 0.324 e. The van der Waals surface area contributed by atoms with E-state index in [1.807, 2.05) is 6.92 Å². The van der Waals surface area contributed by atoms with Crippen LogP contribution in [0.3, 0.4) is 0 Å². The Bertz CT molecular complexity index is 731. The molecule has 0 atom stereocenters. The molecule has 2 aromatic carbocycles. The van der Waals surface area contributed by atoms with Crippen LogP contribution in [0.15, 0.2) is 48.5 Å². The lowest BCUT2D eigenvalue weighted by Gasteiger charge is -2.21. The number of amides is 1. The molecule has 2 aromatic rings. The fourth-order valence-electron chi connectivity index (χ4n) is 2.41. The summed E-state index contributed by atoms with van der Waals surface area (Å²) in [7, 11) is 0. The largest absolute Gasteiger partial charge is 0.418 e. The van der Waals surface area contributed by atoms with Crippen LogP contribution in [-0.4, -0.2) is 23.9 Å². The molecule has 0 aromatic heterocycles. The van der Waals surface area contributed by atoms with E-state index in [0.717, 1.165) is 6.07 Å². The number of nitrogens with one attached hydrogen (secondary N) is 1. The molecule has 0 radical (unpaired) electrons. The van der Waals surface area contributed by atoms with Crippen molar-refractivity contribution >= 4 is 11.6 Å². The minimum atomic E-state index is -4.55. The monoisotopic (exact) mass is 354 g/mol. The highest BCUT2D eigenvalue weighted by atomic mass is 19.4. The maximum absolute atomic E-state index is 13.2. The number of alkyl halides is 3. The Balaban J connectivity index is 2.04. The van der Waals surface area contributed by atoms with Crippen molar-refractivity contribution in [3.05, 3.63) is 65.5 Å². The Morgan fingerprint density at radius 2 is 1.84 bits per heavy atom.